The Morgan fingerprint density at radius 3 is 2.71 bits per heavy atom. The highest BCUT2D eigenvalue weighted by Gasteiger charge is 2.18. The molecule has 1 unspecified atom stereocenters. The normalized spacial score (nSPS) is 11.9. The fraction of sp³-hybridized carbons (Fsp3) is 0.500. The van der Waals surface area contributed by atoms with Crippen molar-refractivity contribution in [2.45, 2.75) is 39.2 Å². The third kappa shape index (κ3) is 4.10. The average Bonchev–Trinajstić information content (AvgIpc) is 2.35. The maximum absolute atomic E-state index is 11.6. The van der Waals surface area contributed by atoms with Crippen LogP contribution in [0, 0.1) is 6.92 Å². The number of methoxy groups -OCH3 is 1. The monoisotopic (exact) mass is 235 g/mol. The van der Waals surface area contributed by atoms with Gasteiger partial charge in [-0.15, -0.1) is 0 Å². The Bertz CT molecular complexity index is 363. The van der Waals surface area contributed by atoms with Gasteiger partial charge in [-0.25, -0.2) is 4.79 Å². The highest BCUT2D eigenvalue weighted by molar-refractivity contribution is 5.79. The van der Waals surface area contributed by atoms with Gasteiger partial charge in [-0.05, 0) is 25.0 Å². The van der Waals surface area contributed by atoms with E-state index in [1.54, 1.807) is 0 Å². The highest BCUT2D eigenvalue weighted by atomic mass is 16.5. The lowest BCUT2D eigenvalue weighted by Gasteiger charge is -2.18. The molecule has 1 atom stereocenters. The van der Waals surface area contributed by atoms with Crippen molar-refractivity contribution in [3.8, 4) is 0 Å². The van der Waals surface area contributed by atoms with Gasteiger partial charge in [0.15, 0.2) is 0 Å². The minimum Gasteiger partial charge on any atom is -0.467 e. The second-order valence-corrected chi connectivity index (χ2v) is 4.18. The molecular formula is C14H21NO2. The molecule has 1 N–H and O–H groups in total. The number of esters is 1. The van der Waals surface area contributed by atoms with E-state index < -0.39 is 0 Å². The van der Waals surface area contributed by atoms with Crippen LogP contribution in [-0.2, 0) is 9.53 Å². The summed E-state index contributed by atoms with van der Waals surface area (Å²) >= 11 is 0. The van der Waals surface area contributed by atoms with Crippen molar-refractivity contribution >= 4 is 11.7 Å². The number of para-hydroxylation sites is 1. The Morgan fingerprint density at radius 1 is 1.41 bits per heavy atom. The van der Waals surface area contributed by atoms with Crippen LogP contribution in [0.2, 0.25) is 0 Å². The molecule has 0 saturated carbocycles. The molecule has 3 heteroatoms. The number of hydrogen-bond donors (Lipinski definition) is 1. The smallest absolute Gasteiger partial charge is 0.328 e. The van der Waals surface area contributed by atoms with Crippen LogP contribution in [0.5, 0.6) is 0 Å². The van der Waals surface area contributed by atoms with Crippen LogP contribution >= 0.6 is 0 Å². The number of hydrogen-bond acceptors (Lipinski definition) is 3. The molecule has 0 heterocycles. The number of carbonyl (C=O) groups excluding carboxylic acids is 1. The van der Waals surface area contributed by atoms with E-state index in [1.807, 2.05) is 31.2 Å². The van der Waals surface area contributed by atoms with E-state index in [2.05, 4.69) is 12.2 Å². The van der Waals surface area contributed by atoms with Crippen LogP contribution in [-0.4, -0.2) is 19.1 Å². The predicted octanol–water partition coefficient (Wildman–Crippen LogP) is 3.14. The van der Waals surface area contributed by atoms with Crippen molar-refractivity contribution < 1.29 is 9.53 Å². The third-order valence-electron chi connectivity index (χ3n) is 2.81. The van der Waals surface area contributed by atoms with Gasteiger partial charge < -0.3 is 10.1 Å². The zero-order chi connectivity index (χ0) is 12.7. The molecular weight excluding hydrogens is 214 g/mol. The van der Waals surface area contributed by atoms with Crippen molar-refractivity contribution in [1.82, 2.24) is 0 Å². The zero-order valence-electron chi connectivity index (χ0n) is 10.8. The van der Waals surface area contributed by atoms with Crippen LogP contribution in [0.15, 0.2) is 24.3 Å². The molecule has 0 saturated heterocycles. The highest BCUT2D eigenvalue weighted by Crippen LogP contribution is 2.17. The van der Waals surface area contributed by atoms with Gasteiger partial charge in [0, 0.05) is 5.69 Å². The fourth-order valence-electron chi connectivity index (χ4n) is 1.72. The van der Waals surface area contributed by atoms with Crippen LogP contribution in [0.4, 0.5) is 5.69 Å². The first-order valence-corrected chi connectivity index (χ1v) is 6.09. The Kier molecular flexibility index (Phi) is 5.53. The maximum atomic E-state index is 11.6. The van der Waals surface area contributed by atoms with Gasteiger partial charge in [-0.1, -0.05) is 38.0 Å². The first-order valence-electron chi connectivity index (χ1n) is 6.09. The SMILES string of the molecule is CCCCC(Nc1ccccc1C)C(=O)OC. The molecule has 0 aliphatic carbocycles. The number of nitrogens with one attached hydrogen (secondary N) is 1. The van der Waals surface area contributed by atoms with Crippen LogP contribution in [0.25, 0.3) is 0 Å². The number of rotatable bonds is 6. The summed E-state index contributed by atoms with van der Waals surface area (Å²) in [6.45, 7) is 4.14. The van der Waals surface area contributed by atoms with Gasteiger partial charge in [0.2, 0.25) is 0 Å². The molecule has 0 radical (unpaired) electrons. The predicted molar refractivity (Wildman–Crippen MR) is 70.1 cm³/mol. The molecule has 3 nitrogen and oxygen atoms in total. The number of carbonyl (C=O) groups is 1. The van der Waals surface area contributed by atoms with Crippen molar-refractivity contribution in [3.05, 3.63) is 29.8 Å². The van der Waals surface area contributed by atoms with E-state index in [-0.39, 0.29) is 12.0 Å². The molecule has 0 aromatic heterocycles. The number of aryl methyl sites for hydroxylation is 1. The number of ether oxygens (including phenoxy) is 1. The maximum Gasteiger partial charge on any atom is 0.328 e. The molecule has 94 valence electrons. The van der Waals surface area contributed by atoms with Gasteiger partial charge in [-0.3, -0.25) is 0 Å². The standard InChI is InChI=1S/C14H21NO2/c1-4-5-9-13(14(16)17-3)15-12-10-7-6-8-11(12)2/h6-8,10,13,15H,4-5,9H2,1-3H3. The second kappa shape index (κ2) is 6.94. The summed E-state index contributed by atoms with van der Waals surface area (Å²) in [5.74, 6) is -0.193. The van der Waals surface area contributed by atoms with Gasteiger partial charge in [-0.2, -0.15) is 0 Å². The average molecular weight is 235 g/mol. The van der Waals surface area contributed by atoms with E-state index in [9.17, 15) is 4.79 Å². The lowest BCUT2D eigenvalue weighted by molar-refractivity contribution is -0.141. The summed E-state index contributed by atoms with van der Waals surface area (Å²) in [5, 5.41) is 3.26. The molecule has 0 spiro atoms. The van der Waals surface area contributed by atoms with Crippen LogP contribution < -0.4 is 5.32 Å². The van der Waals surface area contributed by atoms with E-state index in [1.165, 1.54) is 7.11 Å². The third-order valence-corrected chi connectivity index (χ3v) is 2.81. The molecule has 0 fully saturated rings. The van der Waals surface area contributed by atoms with Crippen molar-refractivity contribution in [2.24, 2.45) is 0 Å². The lowest BCUT2D eigenvalue weighted by Crippen LogP contribution is -2.30. The second-order valence-electron chi connectivity index (χ2n) is 4.18. The fourth-order valence-corrected chi connectivity index (χ4v) is 1.72. The molecule has 1 rings (SSSR count). The first-order chi connectivity index (χ1) is 8.19. The van der Waals surface area contributed by atoms with E-state index in [0.29, 0.717) is 0 Å². The Morgan fingerprint density at radius 2 is 2.12 bits per heavy atom. The van der Waals surface area contributed by atoms with Crippen molar-refractivity contribution in [2.75, 3.05) is 12.4 Å². The quantitative estimate of drug-likeness (QED) is 0.770. The van der Waals surface area contributed by atoms with Gasteiger partial charge in [0.25, 0.3) is 0 Å². The van der Waals surface area contributed by atoms with E-state index >= 15 is 0 Å². The molecule has 0 amide bonds. The van der Waals surface area contributed by atoms with E-state index in [0.717, 1.165) is 30.5 Å². The molecule has 0 bridgehead atoms. The summed E-state index contributed by atoms with van der Waals surface area (Å²) in [6, 6.07) is 7.71. The molecule has 1 aromatic carbocycles. The Labute approximate surface area is 103 Å². The summed E-state index contributed by atoms with van der Waals surface area (Å²) in [4.78, 5) is 11.6. The Hall–Kier alpha value is -1.51. The Balaban J connectivity index is 2.72. The summed E-state index contributed by atoms with van der Waals surface area (Å²) < 4.78 is 4.82. The molecule has 1 aromatic rings. The van der Waals surface area contributed by atoms with Crippen LogP contribution in [0.3, 0.4) is 0 Å². The lowest BCUT2D eigenvalue weighted by atomic mass is 10.1. The van der Waals surface area contributed by atoms with Crippen molar-refractivity contribution in [1.29, 1.82) is 0 Å². The minimum atomic E-state index is -0.249. The summed E-state index contributed by atoms with van der Waals surface area (Å²) in [7, 11) is 1.43. The number of benzene rings is 1. The topological polar surface area (TPSA) is 38.3 Å². The summed E-state index contributed by atoms with van der Waals surface area (Å²) in [6.07, 6.45) is 2.89. The van der Waals surface area contributed by atoms with E-state index in [4.69, 9.17) is 4.74 Å². The minimum absolute atomic E-state index is 0.193. The zero-order valence-corrected chi connectivity index (χ0v) is 10.8. The first kappa shape index (κ1) is 13.6. The number of anilines is 1. The molecule has 0 aliphatic rings. The largest absolute Gasteiger partial charge is 0.467 e. The van der Waals surface area contributed by atoms with Crippen LogP contribution in [0.1, 0.15) is 31.7 Å². The van der Waals surface area contributed by atoms with Gasteiger partial charge in [0.05, 0.1) is 7.11 Å². The van der Waals surface area contributed by atoms with Crippen molar-refractivity contribution in [3.63, 3.8) is 0 Å². The summed E-state index contributed by atoms with van der Waals surface area (Å²) in [5.41, 5.74) is 2.14. The van der Waals surface area contributed by atoms with Gasteiger partial charge in [0.1, 0.15) is 6.04 Å². The number of unbranched alkanes of at least 4 members (excludes halogenated alkanes) is 1. The van der Waals surface area contributed by atoms with Gasteiger partial charge >= 0.3 is 5.97 Å². The molecule has 0 aliphatic heterocycles. The molecule has 17 heavy (non-hydrogen) atoms.